The van der Waals surface area contributed by atoms with Crippen molar-refractivity contribution < 1.29 is 15.3 Å². The third-order valence-corrected chi connectivity index (χ3v) is 3.17. The molecule has 13 heavy (non-hydrogen) atoms. The zero-order valence-corrected chi connectivity index (χ0v) is 8.24. The summed E-state index contributed by atoms with van der Waals surface area (Å²) in [7, 11) is 0. The van der Waals surface area contributed by atoms with Gasteiger partial charge >= 0.3 is 0 Å². The first-order chi connectivity index (χ1) is 6.15. The molecule has 0 saturated heterocycles. The molecule has 0 spiro atoms. The van der Waals surface area contributed by atoms with Crippen molar-refractivity contribution in [2.45, 2.75) is 26.2 Å². The van der Waals surface area contributed by atoms with Crippen LogP contribution in [0, 0.1) is 17.3 Å². The molecule has 1 fully saturated rings. The predicted octanol–water partition coefficient (Wildman–Crippen LogP) is 0.386. The molecule has 1 aliphatic rings. The molecule has 0 aromatic rings. The predicted molar refractivity (Wildman–Crippen MR) is 50.2 cm³/mol. The van der Waals surface area contributed by atoms with Crippen LogP contribution in [0.5, 0.6) is 0 Å². The second-order valence-electron chi connectivity index (χ2n) is 4.61. The molecule has 1 saturated carbocycles. The van der Waals surface area contributed by atoms with Gasteiger partial charge in [-0.25, -0.2) is 0 Å². The number of hydrogen-bond acceptors (Lipinski definition) is 3. The summed E-state index contributed by atoms with van der Waals surface area (Å²) in [6.07, 6.45) is 2.63. The Labute approximate surface area is 79.4 Å². The van der Waals surface area contributed by atoms with Gasteiger partial charge in [0.2, 0.25) is 0 Å². The molecule has 2 unspecified atom stereocenters. The molecule has 1 rings (SSSR count). The van der Waals surface area contributed by atoms with Crippen molar-refractivity contribution in [1.82, 2.24) is 0 Å². The van der Waals surface area contributed by atoms with Crippen LogP contribution in [0.25, 0.3) is 0 Å². The van der Waals surface area contributed by atoms with Gasteiger partial charge < -0.3 is 15.3 Å². The Bertz CT molecular complexity index is 154. The normalized spacial score (nSPS) is 33.2. The van der Waals surface area contributed by atoms with Crippen molar-refractivity contribution in [3.63, 3.8) is 0 Å². The van der Waals surface area contributed by atoms with Gasteiger partial charge in [-0.1, -0.05) is 6.92 Å². The largest absolute Gasteiger partial charge is 0.396 e. The van der Waals surface area contributed by atoms with E-state index in [-0.39, 0.29) is 31.2 Å². The maximum Gasteiger partial charge on any atom is 0.0509 e. The average molecular weight is 188 g/mol. The van der Waals surface area contributed by atoms with E-state index in [1.54, 1.807) is 0 Å². The van der Waals surface area contributed by atoms with Gasteiger partial charge in [0.25, 0.3) is 0 Å². The molecule has 2 atom stereocenters. The van der Waals surface area contributed by atoms with Gasteiger partial charge in [0.15, 0.2) is 0 Å². The van der Waals surface area contributed by atoms with Crippen molar-refractivity contribution in [2.75, 3.05) is 19.8 Å². The van der Waals surface area contributed by atoms with E-state index in [1.807, 2.05) is 0 Å². The van der Waals surface area contributed by atoms with Crippen LogP contribution in [0.15, 0.2) is 0 Å². The molecule has 3 nitrogen and oxygen atoms in total. The Balaban J connectivity index is 2.64. The van der Waals surface area contributed by atoms with Gasteiger partial charge in [0.1, 0.15) is 0 Å². The molecule has 1 aliphatic carbocycles. The summed E-state index contributed by atoms with van der Waals surface area (Å²) >= 11 is 0. The lowest BCUT2D eigenvalue weighted by molar-refractivity contribution is -0.0237. The fourth-order valence-corrected chi connectivity index (χ4v) is 2.62. The molecule has 0 radical (unpaired) electrons. The van der Waals surface area contributed by atoms with Crippen LogP contribution in [0.4, 0.5) is 0 Å². The summed E-state index contributed by atoms with van der Waals surface area (Å²) < 4.78 is 0. The summed E-state index contributed by atoms with van der Waals surface area (Å²) in [5.41, 5.74) is -0.342. The molecule has 78 valence electrons. The molecule has 3 heteroatoms. The van der Waals surface area contributed by atoms with Crippen molar-refractivity contribution in [1.29, 1.82) is 0 Å². The Morgan fingerprint density at radius 3 is 2.23 bits per heavy atom. The SMILES string of the molecule is CC1CC(CO)CC(CO)(CO)C1. The van der Waals surface area contributed by atoms with E-state index < -0.39 is 0 Å². The monoisotopic (exact) mass is 188 g/mol. The van der Waals surface area contributed by atoms with Crippen LogP contribution in [0.3, 0.4) is 0 Å². The molecule has 3 N–H and O–H groups in total. The molecular formula is C10H20O3. The minimum absolute atomic E-state index is 0.0321. The third kappa shape index (κ3) is 2.42. The van der Waals surface area contributed by atoms with Crippen molar-refractivity contribution >= 4 is 0 Å². The first-order valence-corrected chi connectivity index (χ1v) is 4.98. The van der Waals surface area contributed by atoms with Gasteiger partial charge in [0, 0.05) is 12.0 Å². The highest BCUT2D eigenvalue weighted by Gasteiger charge is 2.38. The van der Waals surface area contributed by atoms with Crippen LogP contribution < -0.4 is 0 Å². The van der Waals surface area contributed by atoms with Gasteiger partial charge in [-0.3, -0.25) is 0 Å². The van der Waals surface area contributed by atoms with E-state index in [2.05, 4.69) is 6.92 Å². The molecule has 0 heterocycles. The summed E-state index contributed by atoms with van der Waals surface area (Å²) in [5, 5.41) is 27.5. The Morgan fingerprint density at radius 2 is 1.77 bits per heavy atom. The van der Waals surface area contributed by atoms with Crippen LogP contribution >= 0.6 is 0 Å². The Morgan fingerprint density at radius 1 is 1.15 bits per heavy atom. The summed E-state index contributed by atoms with van der Waals surface area (Å²) in [6.45, 7) is 2.35. The maximum absolute atomic E-state index is 9.23. The van der Waals surface area contributed by atoms with E-state index in [0.29, 0.717) is 5.92 Å². The van der Waals surface area contributed by atoms with E-state index in [0.717, 1.165) is 19.3 Å². The van der Waals surface area contributed by atoms with E-state index in [4.69, 9.17) is 5.11 Å². The minimum atomic E-state index is -0.342. The molecule has 0 aromatic heterocycles. The number of rotatable bonds is 3. The van der Waals surface area contributed by atoms with Crippen LogP contribution in [0.1, 0.15) is 26.2 Å². The standard InChI is InChI=1S/C10H20O3/c1-8-2-9(5-11)4-10(3-8,6-12)7-13/h8-9,11-13H,2-7H2,1H3. The average Bonchev–Trinajstić information content (AvgIpc) is 2.16. The lowest BCUT2D eigenvalue weighted by atomic mass is 9.67. The van der Waals surface area contributed by atoms with Crippen molar-refractivity contribution in [2.24, 2.45) is 17.3 Å². The lowest BCUT2D eigenvalue weighted by Gasteiger charge is -2.41. The van der Waals surface area contributed by atoms with Crippen LogP contribution in [0.2, 0.25) is 0 Å². The first-order valence-electron chi connectivity index (χ1n) is 4.98. The zero-order chi connectivity index (χ0) is 9.90. The summed E-state index contributed by atoms with van der Waals surface area (Å²) in [6, 6.07) is 0. The number of aliphatic hydroxyl groups is 3. The molecule has 0 amide bonds. The Kier molecular flexibility index (Phi) is 3.71. The third-order valence-electron chi connectivity index (χ3n) is 3.17. The number of aliphatic hydroxyl groups excluding tert-OH is 3. The zero-order valence-electron chi connectivity index (χ0n) is 8.24. The quantitative estimate of drug-likeness (QED) is 0.600. The number of hydrogen-bond donors (Lipinski definition) is 3. The van der Waals surface area contributed by atoms with E-state index in [9.17, 15) is 10.2 Å². The first kappa shape index (κ1) is 11.0. The summed E-state index contributed by atoms with van der Waals surface area (Å²) in [5.74, 6) is 0.744. The highest BCUT2D eigenvalue weighted by molar-refractivity contribution is 4.88. The fourth-order valence-electron chi connectivity index (χ4n) is 2.62. The smallest absolute Gasteiger partial charge is 0.0509 e. The second-order valence-corrected chi connectivity index (χ2v) is 4.61. The van der Waals surface area contributed by atoms with E-state index >= 15 is 0 Å². The molecule has 0 aliphatic heterocycles. The van der Waals surface area contributed by atoms with Gasteiger partial charge in [0.05, 0.1) is 13.2 Å². The topological polar surface area (TPSA) is 60.7 Å². The maximum atomic E-state index is 9.23. The molecule has 0 aromatic carbocycles. The molecular weight excluding hydrogens is 168 g/mol. The summed E-state index contributed by atoms with van der Waals surface area (Å²) in [4.78, 5) is 0. The lowest BCUT2D eigenvalue weighted by Crippen LogP contribution is -2.39. The van der Waals surface area contributed by atoms with Gasteiger partial charge in [-0.05, 0) is 31.1 Å². The highest BCUT2D eigenvalue weighted by Crippen LogP contribution is 2.41. The van der Waals surface area contributed by atoms with Gasteiger partial charge in [-0.15, -0.1) is 0 Å². The Hall–Kier alpha value is -0.120. The van der Waals surface area contributed by atoms with Gasteiger partial charge in [-0.2, -0.15) is 0 Å². The fraction of sp³-hybridized carbons (Fsp3) is 1.00. The van der Waals surface area contributed by atoms with E-state index in [1.165, 1.54) is 0 Å². The van der Waals surface area contributed by atoms with Crippen molar-refractivity contribution in [3.8, 4) is 0 Å². The van der Waals surface area contributed by atoms with Crippen LogP contribution in [-0.4, -0.2) is 35.1 Å². The van der Waals surface area contributed by atoms with Crippen LogP contribution in [-0.2, 0) is 0 Å². The highest BCUT2D eigenvalue weighted by atomic mass is 16.3. The minimum Gasteiger partial charge on any atom is -0.396 e. The second kappa shape index (κ2) is 4.40. The van der Waals surface area contributed by atoms with Crippen molar-refractivity contribution in [3.05, 3.63) is 0 Å². The molecule has 0 bridgehead atoms.